The van der Waals surface area contributed by atoms with E-state index in [0.29, 0.717) is 18.7 Å². The van der Waals surface area contributed by atoms with Crippen LogP contribution in [-0.4, -0.2) is 21.0 Å². The van der Waals surface area contributed by atoms with Crippen molar-refractivity contribution in [1.82, 2.24) is 4.72 Å². The number of amides is 2. The predicted molar refractivity (Wildman–Crippen MR) is 68.5 cm³/mol. The highest BCUT2D eigenvalue weighted by molar-refractivity contribution is 9.10. The Morgan fingerprint density at radius 2 is 2.18 bits per heavy atom. The average Bonchev–Trinajstić information content (AvgIpc) is 2.57. The molecule has 0 saturated heterocycles. The van der Waals surface area contributed by atoms with Gasteiger partial charge in [0.25, 0.3) is 0 Å². The van der Waals surface area contributed by atoms with Crippen LogP contribution in [0.2, 0.25) is 0 Å². The van der Waals surface area contributed by atoms with Gasteiger partial charge in [-0.05, 0) is 30.2 Å². The zero-order chi connectivity index (χ0) is 12.6. The standard InChI is InChI=1S/C9H8BrClN2O3S/c10-7-1-2-8-6(5-7)3-4-13(8)9(14)12-17(11,15)16/h1-2,5H,3-4H2,(H,12,14). The molecule has 17 heavy (non-hydrogen) atoms. The first kappa shape index (κ1) is 12.7. The maximum atomic E-state index is 11.6. The fraction of sp³-hybridized carbons (Fsp3) is 0.222. The van der Waals surface area contributed by atoms with Crippen LogP contribution >= 0.6 is 26.6 Å². The zero-order valence-electron chi connectivity index (χ0n) is 8.48. The number of carbonyl (C=O) groups excluding carboxylic acids is 1. The number of anilines is 1. The summed E-state index contributed by atoms with van der Waals surface area (Å²) < 4.78 is 24.2. The Labute approximate surface area is 111 Å². The number of halogens is 2. The molecule has 1 aromatic rings. The van der Waals surface area contributed by atoms with Crippen LogP contribution in [0.3, 0.4) is 0 Å². The number of hydrogen-bond donors (Lipinski definition) is 1. The summed E-state index contributed by atoms with van der Waals surface area (Å²) in [4.78, 5) is 13.0. The van der Waals surface area contributed by atoms with Gasteiger partial charge in [0, 0.05) is 27.4 Å². The van der Waals surface area contributed by atoms with E-state index in [9.17, 15) is 13.2 Å². The second-order valence-corrected chi connectivity index (χ2v) is 6.73. The molecule has 1 aliphatic heterocycles. The van der Waals surface area contributed by atoms with Crippen molar-refractivity contribution >= 4 is 47.6 Å². The second kappa shape index (κ2) is 4.47. The number of benzene rings is 1. The lowest BCUT2D eigenvalue weighted by atomic mass is 10.2. The maximum Gasteiger partial charge on any atom is 0.336 e. The summed E-state index contributed by atoms with van der Waals surface area (Å²) in [6.07, 6.45) is 0.685. The van der Waals surface area contributed by atoms with Gasteiger partial charge >= 0.3 is 15.3 Å². The van der Waals surface area contributed by atoms with E-state index in [1.807, 2.05) is 6.07 Å². The Bertz CT molecular complexity index is 576. The highest BCUT2D eigenvalue weighted by Crippen LogP contribution is 2.30. The third-order valence-corrected chi connectivity index (χ3v) is 3.53. The summed E-state index contributed by atoms with van der Waals surface area (Å²) >= 11 is 3.33. The van der Waals surface area contributed by atoms with Gasteiger partial charge in [-0.15, -0.1) is 0 Å². The predicted octanol–water partition coefficient (Wildman–Crippen LogP) is 2.00. The second-order valence-electron chi connectivity index (χ2n) is 3.52. The smallest absolute Gasteiger partial charge is 0.293 e. The van der Waals surface area contributed by atoms with Crippen LogP contribution in [0, 0.1) is 0 Å². The molecule has 0 aromatic heterocycles. The highest BCUT2D eigenvalue weighted by Gasteiger charge is 2.26. The fourth-order valence-electron chi connectivity index (χ4n) is 1.74. The molecule has 0 bridgehead atoms. The van der Waals surface area contributed by atoms with Crippen LogP contribution in [0.5, 0.6) is 0 Å². The molecule has 0 fully saturated rings. The summed E-state index contributed by atoms with van der Waals surface area (Å²) in [6.45, 7) is 0.435. The van der Waals surface area contributed by atoms with Gasteiger partial charge in [-0.2, -0.15) is 8.42 Å². The van der Waals surface area contributed by atoms with Gasteiger partial charge < -0.3 is 0 Å². The van der Waals surface area contributed by atoms with E-state index < -0.39 is 15.3 Å². The SMILES string of the molecule is O=C(NS(=O)(=O)Cl)N1CCc2cc(Br)ccc21. The number of carbonyl (C=O) groups is 1. The molecule has 0 atom stereocenters. The molecule has 1 aliphatic rings. The molecule has 1 heterocycles. The normalized spacial score (nSPS) is 14.6. The lowest BCUT2D eigenvalue weighted by Crippen LogP contribution is -2.40. The zero-order valence-corrected chi connectivity index (χ0v) is 11.6. The number of nitrogens with one attached hydrogen (secondary N) is 1. The van der Waals surface area contributed by atoms with E-state index in [1.165, 1.54) is 4.90 Å². The van der Waals surface area contributed by atoms with Gasteiger partial charge in [0.1, 0.15) is 0 Å². The minimum Gasteiger partial charge on any atom is -0.293 e. The summed E-state index contributed by atoms with van der Waals surface area (Å²) in [5.74, 6) is 0. The lowest BCUT2D eigenvalue weighted by Gasteiger charge is -2.16. The quantitative estimate of drug-likeness (QED) is 0.796. The van der Waals surface area contributed by atoms with E-state index in [4.69, 9.17) is 10.7 Å². The number of rotatable bonds is 1. The van der Waals surface area contributed by atoms with E-state index in [2.05, 4.69) is 15.9 Å². The number of hydrogen-bond acceptors (Lipinski definition) is 3. The van der Waals surface area contributed by atoms with Gasteiger partial charge in [0.15, 0.2) is 0 Å². The van der Waals surface area contributed by atoms with Crippen LogP contribution in [0.15, 0.2) is 22.7 Å². The Balaban J connectivity index is 2.25. The molecule has 0 radical (unpaired) electrons. The van der Waals surface area contributed by atoms with Crippen LogP contribution in [0.1, 0.15) is 5.56 Å². The van der Waals surface area contributed by atoms with E-state index in [1.54, 1.807) is 16.9 Å². The Morgan fingerprint density at radius 1 is 1.47 bits per heavy atom. The molecule has 0 spiro atoms. The van der Waals surface area contributed by atoms with Crippen LogP contribution < -0.4 is 9.62 Å². The first-order valence-electron chi connectivity index (χ1n) is 4.69. The maximum absolute atomic E-state index is 11.6. The monoisotopic (exact) mass is 338 g/mol. The molecule has 2 amide bonds. The minimum absolute atomic E-state index is 0.435. The van der Waals surface area contributed by atoms with Gasteiger partial charge in [-0.25, -0.2) is 9.52 Å². The molecular formula is C9H8BrClN2O3S. The first-order chi connectivity index (χ1) is 7.87. The molecule has 92 valence electrons. The Morgan fingerprint density at radius 3 is 2.82 bits per heavy atom. The summed E-state index contributed by atoms with van der Waals surface area (Å²) in [5, 5.41) is 0. The molecule has 5 nitrogen and oxygen atoms in total. The third kappa shape index (κ3) is 2.91. The van der Waals surface area contributed by atoms with Gasteiger partial charge in [-0.3, -0.25) is 4.90 Å². The summed E-state index contributed by atoms with van der Waals surface area (Å²) in [7, 11) is 0.915. The van der Waals surface area contributed by atoms with E-state index in [-0.39, 0.29) is 0 Å². The highest BCUT2D eigenvalue weighted by atomic mass is 79.9. The van der Waals surface area contributed by atoms with Crippen molar-refractivity contribution in [1.29, 1.82) is 0 Å². The topological polar surface area (TPSA) is 66.5 Å². The van der Waals surface area contributed by atoms with Crippen molar-refractivity contribution in [2.75, 3.05) is 11.4 Å². The van der Waals surface area contributed by atoms with Crippen molar-refractivity contribution in [2.45, 2.75) is 6.42 Å². The first-order valence-corrected chi connectivity index (χ1v) is 7.79. The van der Waals surface area contributed by atoms with Crippen LogP contribution in [-0.2, 0) is 15.7 Å². The van der Waals surface area contributed by atoms with Gasteiger partial charge in [-0.1, -0.05) is 15.9 Å². The number of nitrogens with zero attached hydrogens (tertiary/aromatic N) is 1. The molecule has 0 aliphatic carbocycles. The number of urea groups is 1. The van der Waals surface area contributed by atoms with E-state index in [0.717, 1.165) is 10.0 Å². The molecule has 1 N–H and O–H groups in total. The fourth-order valence-corrected chi connectivity index (χ4v) is 2.67. The number of fused-ring (bicyclic) bond motifs is 1. The minimum atomic E-state index is -4.05. The van der Waals surface area contributed by atoms with Crippen molar-refractivity contribution < 1.29 is 13.2 Å². The van der Waals surface area contributed by atoms with Crippen molar-refractivity contribution in [3.63, 3.8) is 0 Å². The Kier molecular flexibility index (Phi) is 3.33. The summed E-state index contributed by atoms with van der Waals surface area (Å²) in [5.41, 5.74) is 1.69. The van der Waals surface area contributed by atoms with Crippen LogP contribution in [0.25, 0.3) is 0 Å². The average molecular weight is 340 g/mol. The molecule has 2 rings (SSSR count). The third-order valence-electron chi connectivity index (χ3n) is 2.39. The Hall–Kier alpha value is -0.790. The largest absolute Gasteiger partial charge is 0.336 e. The molecule has 0 unspecified atom stereocenters. The van der Waals surface area contributed by atoms with Crippen molar-refractivity contribution in [3.8, 4) is 0 Å². The van der Waals surface area contributed by atoms with Crippen LogP contribution in [0.4, 0.5) is 10.5 Å². The van der Waals surface area contributed by atoms with Crippen molar-refractivity contribution in [3.05, 3.63) is 28.2 Å². The van der Waals surface area contributed by atoms with Gasteiger partial charge in [0.05, 0.1) is 0 Å². The molecule has 0 saturated carbocycles. The van der Waals surface area contributed by atoms with Crippen molar-refractivity contribution in [2.24, 2.45) is 0 Å². The lowest BCUT2D eigenvalue weighted by molar-refractivity contribution is 0.251. The van der Waals surface area contributed by atoms with Gasteiger partial charge in [0.2, 0.25) is 0 Å². The summed E-state index contributed by atoms with van der Waals surface area (Å²) in [6, 6.07) is 4.71. The molecular weight excluding hydrogens is 332 g/mol. The van der Waals surface area contributed by atoms with E-state index >= 15 is 0 Å². The molecule has 1 aromatic carbocycles. The molecule has 8 heteroatoms.